The fraction of sp³-hybridized carbons (Fsp3) is 0.346. The zero-order valence-corrected chi connectivity index (χ0v) is 20.3. The molecule has 0 fully saturated rings. The number of aromatic nitrogens is 2. The molecule has 1 aliphatic heterocycles. The lowest BCUT2D eigenvalue weighted by Gasteiger charge is -2.36. The summed E-state index contributed by atoms with van der Waals surface area (Å²) in [5.41, 5.74) is 4.50. The zero-order chi connectivity index (χ0) is 24.4. The fourth-order valence-corrected chi connectivity index (χ4v) is 4.72. The summed E-state index contributed by atoms with van der Waals surface area (Å²) in [5.74, 6) is 0.597. The molecule has 8 heteroatoms. The van der Waals surface area contributed by atoms with Crippen molar-refractivity contribution >= 4 is 29.4 Å². The van der Waals surface area contributed by atoms with Gasteiger partial charge in [0.05, 0.1) is 12.6 Å². The number of carbonyl (C=O) groups is 2. The number of amides is 2. The van der Waals surface area contributed by atoms with E-state index in [1.54, 1.807) is 6.07 Å². The van der Waals surface area contributed by atoms with E-state index in [9.17, 15) is 14.7 Å². The summed E-state index contributed by atoms with van der Waals surface area (Å²) < 4.78 is 1.82. The van der Waals surface area contributed by atoms with Crippen molar-refractivity contribution in [3.8, 4) is 0 Å². The van der Waals surface area contributed by atoms with Gasteiger partial charge in [-0.25, -0.2) is 4.79 Å². The van der Waals surface area contributed by atoms with Crippen LogP contribution in [0, 0.1) is 12.8 Å². The Balaban J connectivity index is 1.51. The Morgan fingerprint density at radius 3 is 2.71 bits per heavy atom. The molecule has 1 atom stereocenters. The molecule has 0 saturated carbocycles. The molecule has 2 N–H and O–H groups in total. The van der Waals surface area contributed by atoms with Crippen LogP contribution in [0.5, 0.6) is 0 Å². The molecule has 2 aromatic carbocycles. The average Bonchev–Trinajstić information content (AvgIpc) is 3.11. The third kappa shape index (κ3) is 5.25. The summed E-state index contributed by atoms with van der Waals surface area (Å²) in [6.45, 7) is 7.10. The lowest BCUT2D eigenvalue weighted by atomic mass is 9.87. The Morgan fingerprint density at radius 2 is 2.00 bits per heavy atom. The molecule has 7 nitrogen and oxygen atoms in total. The van der Waals surface area contributed by atoms with Gasteiger partial charge in [-0.05, 0) is 66.6 Å². The highest BCUT2D eigenvalue weighted by Gasteiger charge is 2.31. The topological polar surface area (TPSA) is 87.5 Å². The number of hydrogen-bond acceptors (Lipinski definition) is 3. The monoisotopic (exact) mass is 480 g/mol. The third-order valence-electron chi connectivity index (χ3n) is 6.15. The van der Waals surface area contributed by atoms with E-state index in [4.69, 9.17) is 11.6 Å². The number of hydrogen-bond donors (Lipinski definition) is 2. The fourth-order valence-electron chi connectivity index (χ4n) is 4.51. The Kier molecular flexibility index (Phi) is 6.93. The van der Waals surface area contributed by atoms with Gasteiger partial charge >= 0.3 is 6.09 Å². The lowest BCUT2D eigenvalue weighted by molar-refractivity contribution is 0.102. The molecule has 0 saturated heterocycles. The Labute approximate surface area is 204 Å². The van der Waals surface area contributed by atoms with Crippen molar-refractivity contribution in [1.82, 2.24) is 14.7 Å². The minimum absolute atomic E-state index is 0.191. The molecule has 4 rings (SSSR count). The second-order valence-corrected chi connectivity index (χ2v) is 9.63. The van der Waals surface area contributed by atoms with Crippen LogP contribution in [0.15, 0.2) is 48.5 Å². The Bertz CT molecular complexity index is 1220. The minimum Gasteiger partial charge on any atom is -0.465 e. The van der Waals surface area contributed by atoms with Crippen LogP contribution in [0.4, 0.5) is 10.6 Å². The van der Waals surface area contributed by atoms with Crippen molar-refractivity contribution in [3.05, 3.63) is 81.5 Å². The van der Waals surface area contributed by atoms with E-state index < -0.39 is 6.09 Å². The van der Waals surface area contributed by atoms with E-state index >= 15 is 0 Å². The van der Waals surface area contributed by atoms with Gasteiger partial charge in [0.1, 0.15) is 0 Å². The highest BCUT2D eigenvalue weighted by Crippen LogP contribution is 2.35. The zero-order valence-electron chi connectivity index (χ0n) is 19.6. The normalized spacial score (nSPS) is 15.3. The number of rotatable bonds is 6. The van der Waals surface area contributed by atoms with Crippen molar-refractivity contribution < 1.29 is 14.7 Å². The number of benzene rings is 2. The van der Waals surface area contributed by atoms with E-state index in [0.29, 0.717) is 41.8 Å². The molecule has 0 radical (unpaired) electrons. The number of fused-ring (bicyclic) bond motifs is 1. The summed E-state index contributed by atoms with van der Waals surface area (Å²) >= 11 is 6.08. The van der Waals surface area contributed by atoms with Gasteiger partial charge in [-0.1, -0.05) is 43.6 Å². The summed E-state index contributed by atoms with van der Waals surface area (Å²) in [6.07, 6.45) is 0.431. The molecule has 34 heavy (non-hydrogen) atoms. The van der Waals surface area contributed by atoms with E-state index in [-0.39, 0.29) is 11.9 Å². The maximum Gasteiger partial charge on any atom is 0.407 e. The predicted molar refractivity (Wildman–Crippen MR) is 133 cm³/mol. The first-order valence-electron chi connectivity index (χ1n) is 11.4. The summed E-state index contributed by atoms with van der Waals surface area (Å²) in [6, 6.07) is 14.8. The van der Waals surface area contributed by atoms with Gasteiger partial charge in [-0.15, -0.1) is 0 Å². The van der Waals surface area contributed by atoms with Crippen molar-refractivity contribution in [2.45, 2.75) is 46.2 Å². The number of carbonyl (C=O) groups excluding carboxylic acids is 1. The smallest absolute Gasteiger partial charge is 0.407 e. The van der Waals surface area contributed by atoms with E-state index in [1.165, 1.54) is 4.90 Å². The van der Waals surface area contributed by atoms with Gasteiger partial charge in [-0.3, -0.25) is 9.48 Å². The summed E-state index contributed by atoms with van der Waals surface area (Å²) in [7, 11) is 0. The van der Waals surface area contributed by atoms with Crippen molar-refractivity contribution in [2.75, 3.05) is 11.9 Å². The minimum atomic E-state index is -0.901. The van der Waals surface area contributed by atoms with Crippen LogP contribution in [0.25, 0.3) is 0 Å². The molecular formula is C26H29ClN4O3. The largest absolute Gasteiger partial charge is 0.465 e. The Morgan fingerprint density at radius 1 is 1.21 bits per heavy atom. The van der Waals surface area contributed by atoms with Gasteiger partial charge in [0.2, 0.25) is 0 Å². The number of nitrogens with zero attached hydrogens (tertiary/aromatic N) is 3. The first kappa shape index (κ1) is 23.8. The van der Waals surface area contributed by atoms with Crippen LogP contribution < -0.4 is 5.32 Å². The number of aryl methyl sites for hydroxylation is 1. The number of carboxylic acid groups (broad SMARTS) is 1. The highest BCUT2D eigenvalue weighted by atomic mass is 35.5. The standard InChI is InChI=1S/C26H29ClN4O3/c1-16(2)11-23-22-8-7-20(14-19(22)9-10-30(23)26(33)34)25(32)28-24-12-17(3)31(29-24)15-18-5-4-6-21(27)13-18/h4-8,12-14,16,23H,9-11,15H2,1-3H3,(H,33,34)(H,28,29,32). The maximum atomic E-state index is 13.0. The maximum absolute atomic E-state index is 13.0. The molecule has 0 aliphatic carbocycles. The molecule has 1 unspecified atom stereocenters. The second kappa shape index (κ2) is 9.89. The van der Waals surface area contributed by atoms with Gasteiger partial charge in [0.15, 0.2) is 5.82 Å². The summed E-state index contributed by atoms with van der Waals surface area (Å²) in [4.78, 5) is 26.2. The van der Waals surface area contributed by atoms with E-state index in [2.05, 4.69) is 24.3 Å². The second-order valence-electron chi connectivity index (χ2n) is 9.20. The van der Waals surface area contributed by atoms with Crippen LogP contribution in [-0.4, -0.2) is 38.3 Å². The third-order valence-corrected chi connectivity index (χ3v) is 6.38. The van der Waals surface area contributed by atoms with Crippen molar-refractivity contribution in [1.29, 1.82) is 0 Å². The van der Waals surface area contributed by atoms with Gasteiger partial charge in [0, 0.05) is 28.9 Å². The van der Waals surface area contributed by atoms with E-state index in [0.717, 1.165) is 28.8 Å². The highest BCUT2D eigenvalue weighted by molar-refractivity contribution is 6.30. The van der Waals surface area contributed by atoms with Gasteiger partial charge in [0.25, 0.3) is 5.91 Å². The molecule has 1 aliphatic rings. The van der Waals surface area contributed by atoms with Crippen molar-refractivity contribution in [2.24, 2.45) is 5.92 Å². The number of nitrogens with one attached hydrogen (secondary N) is 1. The first-order chi connectivity index (χ1) is 16.2. The Hall–Kier alpha value is -3.32. The molecule has 0 spiro atoms. The predicted octanol–water partition coefficient (Wildman–Crippen LogP) is 5.77. The summed E-state index contributed by atoms with van der Waals surface area (Å²) in [5, 5.41) is 17.7. The molecule has 1 aromatic heterocycles. The van der Waals surface area contributed by atoms with Crippen molar-refractivity contribution in [3.63, 3.8) is 0 Å². The van der Waals surface area contributed by atoms with Gasteiger partial charge < -0.3 is 15.3 Å². The van der Waals surface area contributed by atoms with Crippen LogP contribution >= 0.6 is 11.6 Å². The number of halogens is 1. The molecule has 2 heterocycles. The average molecular weight is 481 g/mol. The lowest BCUT2D eigenvalue weighted by Crippen LogP contribution is -2.39. The van der Waals surface area contributed by atoms with Crippen LogP contribution in [0.2, 0.25) is 5.02 Å². The van der Waals surface area contributed by atoms with E-state index in [1.807, 2.05) is 54.1 Å². The van der Waals surface area contributed by atoms with Gasteiger partial charge in [-0.2, -0.15) is 5.10 Å². The molecule has 3 aromatic rings. The first-order valence-corrected chi connectivity index (χ1v) is 11.8. The SMILES string of the molecule is Cc1cc(NC(=O)c2ccc3c(c2)CCN(C(=O)O)C3CC(C)C)nn1Cc1cccc(Cl)c1. The van der Waals surface area contributed by atoms with Crippen LogP contribution in [-0.2, 0) is 13.0 Å². The van der Waals surface area contributed by atoms with Crippen LogP contribution in [0.1, 0.15) is 59.1 Å². The molecule has 178 valence electrons. The van der Waals surface area contributed by atoms with Crippen LogP contribution in [0.3, 0.4) is 0 Å². The molecule has 2 amide bonds. The molecular weight excluding hydrogens is 452 g/mol. The number of anilines is 1. The quantitative estimate of drug-likeness (QED) is 0.469. The molecule has 0 bridgehead atoms.